The van der Waals surface area contributed by atoms with Gasteiger partial charge in [-0.05, 0) is 54.3 Å². The number of carbonyl (C=O) groups excluding carboxylic acids is 1. The third-order valence-corrected chi connectivity index (χ3v) is 6.35. The number of hydrogen-bond acceptors (Lipinski definition) is 3. The van der Waals surface area contributed by atoms with Crippen molar-refractivity contribution in [1.82, 2.24) is 0 Å². The zero-order chi connectivity index (χ0) is 17.8. The molecule has 1 N–H and O–H groups in total. The molecule has 8 heteroatoms. The third-order valence-electron chi connectivity index (χ3n) is 4.51. The van der Waals surface area contributed by atoms with Crippen LogP contribution in [0.1, 0.15) is 17.5 Å². The lowest BCUT2D eigenvalue weighted by molar-refractivity contribution is -0.118. The van der Waals surface area contributed by atoms with Crippen LogP contribution < -0.4 is 9.62 Å². The molecule has 0 fully saturated rings. The smallest absolute Gasteiger partial charge is 0.262 e. The summed E-state index contributed by atoms with van der Waals surface area (Å²) in [5.41, 5.74) is 2.45. The second-order valence-corrected chi connectivity index (χ2v) is 8.71. The van der Waals surface area contributed by atoms with Gasteiger partial charge in [0.2, 0.25) is 5.91 Å². The minimum atomic E-state index is -3.92. The SMILES string of the molecule is O=C1CCc2cc(S(=O)(=O)Nc3ccc(Br)cc3F)cc3c2N1CC3. The van der Waals surface area contributed by atoms with Gasteiger partial charge in [-0.15, -0.1) is 0 Å². The number of nitrogens with zero attached hydrogens (tertiary/aromatic N) is 1. The highest BCUT2D eigenvalue weighted by atomic mass is 79.9. The molecule has 1 amide bonds. The van der Waals surface area contributed by atoms with Crippen molar-refractivity contribution in [2.45, 2.75) is 24.2 Å². The second-order valence-electron chi connectivity index (χ2n) is 6.12. The number of halogens is 2. The molecule has 0 bridgehead atoms. The minimum Gasteiger partial charge on any atom is -0.312 e. The maximum atomic E-state index is 14.0. The van der Waals surface area contributed by atoms with Crippen molar-refractivity contribution in [2.24, 2.45) is 0 Å². The molecule has 25 heavy (non-hydrogen) atoms. The zero-order valence-electron chi connectivity index (χ0n) is 13.1. The van der Waals surface area contributed by atoms with Crippen molar-refractivity contribution >= 4 is 43.2 Å². The third kappa shape index (κ3) is 2.83. The minimum absolute atomic E-state index is 0.0805. The number of sulfonamides is 1. The van der Waals surface area contributed by atoms with E-state index in [-0.39, 0.29) is 16.5 Å². The van der Waals surface area contributed by atoms with Crippen molar-refractivity contribution in [3.05, 3.63) is 51.7 Å². The van der Waals surface area contributed by atoms with Crippen molar-refractivity contribution in [1.29, 1.82) is 0 Å². The standard InChI is InChI=1S/C17H14BrFN2O3S/c18-12-2-3-15(14(19)9-12)20-25(23,24)13-7-10-1-4-16(22)21-6-5-11(8-13)17(10)21/h2-3,7-9,20H,1,4-6H2. The normalized spacial score (nSPS) is 16.1. The first-order valence-corrected chi connectivity index (χ1v) is 10.1. The Balaban J connectivity index is 1.73. The molecule has 2 aromatic carbocycles. The lowest BCUT2D eigenvalue weighted by Gasteiger charge is -2.25. The van der Waals surface area contributed by atoms with E-state index in [9.17, 15) is 17.6 Å². The fraction of sp³-hybridized carbons (Fsp3) is 0.235. The molecule has 2 heterocycles. The molecule has 0 atom stereocenters. The van der Waals surface area contributed by atoms with Crippen molar-refractivity contribution < 1.29 is 17.6 Å². The molecular weight excluding hydrogens is 411 g/mol. The van der Waals surface area contributed by atoms with Gasteiger partial charge in [-0.3, -0.25) is 9.52 Å². The van der Waals surface area contributed by atoms with Gasteiger partial charge in [-0.1, -0.05) is 15.9 Å². The molecule has 130 valence electrons. The molecule has 0 saturated carbocycles. The van der Waals surface area contributed by atoms with Crippen LogP contribution in [0.3, 0.4) is 0 Å². The molecule has 0 saturated heterocycles. The fourth-order valence-electron chi connectivity index (χ4n) is 3.36. The Kier molecular flexibility index (Phi) is 3.84. The maximum absolute atomic E-state index is 14.0. The highest BCUT2D eigenvalue weighted by Gasteiger charge is 2.33. The average Bonchev–Trinajstić information content (AvgIpc) is 2.99. The molecule has 2 aromatic rings. The first-order chi connectivity index (χ1) is 11.8. The molecule has 0 radical (unpaired) electrons. The van der Waals surface area contributed by atoms with E-state index in [1.165, 1.54) is 12.1 Å². The molecule has 5 nitrogen and oxygen atoms in total. The summed E-state index contributed by atoms with van der Waals surface area (Å²) >= 11 is 3.14. The van der Waals surface area contributed by atoms with Crippen molar-refractivity contribution in [3.63, 3.8) is 0 Å². The van der Waals surface area contributed by atoms with Crippen LogP contribution in [0, 0.1) is 5.82 Å². The highest BCUT2D eigenvalue weighted by molar-refractivity contribution is 9.10. The molecule has 0 aliphatic carbocycles. The first kappa shape index (κ1) is 16.5. The zero-order valence-corrected chi connectivity index (χ0v) is 15.5. The summed E-state index contributed by atoms with van der Waals surface area (Å²) < 4.78 is 42.2. The highest BCUT2D eigenvalue weighted by Crippen LogP contribution is 2.38. The topological polar surface area (TPSA) is 66.5 Å². The Hall–Kier alpha value is -1.93. The van der Waals surface area contributed by atoms with Gasteiger partial charge in [0.05, 0.1) is 16.3 Å². The number of anilines is 2. The van der Waals surface area contributed by atoms with Gasteiger partial charge in [0.25, 0.3) is 10.0 Å². The van der Waals surface area contributed by atoms with Gasteiger partial charge < -0.3 is 4.90 Å². The second kappa shape index (κ2) is 5.81. The van der Waals surface area contributed by atoms with E-state index in [4.69, 9.17) is 0 Å². The largest absolute Gasteiger partial charge is 0.312 e. The molecule has 2 aliphatic heterocycles. The van der Waals surface area contributed by atoms with Crippen molar-refractivity contribution in [2.75, 3.05) is 16.2 Å². The number of benzene rings is 2. The van der Waals surface area contributed by atoms with Crippen LogP contribution >= 0.6 is 15.9 Å². The lowest BCUT2D eigenvalue weighted by Crippen LogP contribution is -2.33. The van der Waals surface area contributed by atoms with Gasteiger partial charge in [-0.25, -0.2) is 12.8 Å². The summed E-state index contributed by atoms with van der Waals surface area (Å²) in [6, 6.07) is 7.30. The summed E-state index contributed by atoms with van der Waals surface area (Å²) in [6.07, 6.45) is 1.53. The molecule has 0 spiro atoms. The van der Waals surface area contributed by atoms with Gasteiger partial charge >= 0.3 is 0 Å². The van der Waals surface area contributed by atoms with Crippen LogP contribution in [0.5, 0.6) is 0 Å². The van der Waals surface area contributed by atoms with E-state index in [0.717, 1.165) is 16.8 Å². The summed E-state index contributed by atoms with van der Waals surface area (Å²) in [5, 5.41) is 0. The predicted octanol–water partition coefficient (Wildman–Crippen LogP) is 3.22. The fourth-order valence-corrected chi connectivity index (χ4v) is 4.86. The number of nitrogens with one attached hydrogen (secondary N) is 1. The molecular formula is C17H14BrFN2O3S. The summed E-state index contributed by atoms with van der Waals surface area (Å²) in [5.74, 6) is -0.575. The number of aryl methyl sites for hydroxylation is 1. The Bertz CT molecular complexity index is 1010. The van der Waals surface area contributed by atoms with E-state index in [1.807, 2.05) is 0 Å². The number of amides is 1. The molecule has 2 aliphatic rings. The maximum Gasteiger partial charge on any atom is 0.262 e. The Morgan fingerprint density at radius 1 is 1.08 bits per heavy atom. The van der Waals surface area contributed by atoms with Crippen LogP contribution in [0.15, 0.2) is 39.7 Å². The summed E-state index contributed by atoms with van der Waals surface area (Å²) in [6.45, 7) is 0.583. The van der Waals surface area contributed by atoms with Crippen molar-refractivity contribution in [3.8, 4) is 0 Å². The Labute approximate surface area is 153 Å². The quantitative estimate of drug-likeness (QED) is 0.822. The summed E-state index contributed by atoms with van der Waals surface area (Å²) in [4.78, 5) is 13.8. The average molecular weight is 425 g/mol. The van der Waals surface area contributed by atoms with Gasteiger partial charge in [0.1, 0.15) is 5.82 Å². The van der Waals surface area contributed by atoms with Crippen LogP contribution in [-0.2, 0) is 27.7 Å². The Morgan fingerprint density at radius 2 is 1.80 bits per heavy atom. The van der Waals surface area contributed by atoms with Crippen LogP contribution in [0.4, 0.5) is 15.8 Å². The number of hydrogen-bond donors (Lipinski definition) is 1. The number of rotatable bonds is 3. The summed E-state index contributed by atoms with van der Waals surface area (Å²) in [7, 11) is -3.92. The Morgan fingerprint density at radius 3 is 2.52 bits per heavy atom. The predicted molar refractivity (Wildman–Crippen MR) is 95.7 cm³/mol. The molecule has 0 aromatic heterocycles. The lowest BCUT2D eigenvalue weighted by atomic mass is 10.00. The van der Waals surface area contributed by atoms with Gasteiger partial charge in [0, 0.05) is 17.4 Å². The van der Waals surface area contributed by atoms with E-state index in [0.29, 0.717) is 30.3 Å². The number of carbonyl (C=O) groups is 1. The van der Waals surface area contributed by atoms with Gasteiger partial charge in [0.15, 0.2) is 0 Å². The monoisotopic (exact) mass is 424 g/mol. The van der Waals surface area contributed by atoms with E-state index < -0.39 is 15.8 Å². The van der Waals surface area contributed by atoms with Crippen LogP contribution in [0.25, 0.3) is 0 Å². The van der Waals surface area contributed by atoms with Crippen LogP contribution in [0.2, 0.25) is 0 Å². The van der Waals surface area contributed by atoms with E-state index in [2.05, 4.69) is 20.7 Å². The first-order valence-electron chi connectivity index (χ1n) is 7.79. The molecule has 4 rings (SSSR count). The van der Waals surface area contributed by atoms with Crippen LogP contribution in [-0.4, -0.2) is 20.9 Å². The van der Waals surface area contributed by atoms with E-state index in [1.54, 1.807) is 23.1 Å². The van der Waals surface area contributed by atoms with Gasteiger partial charge in [-0.2, -0.15) is 0 Å². The molecule has 0 unspecified atom stereocenters. The van der Waals surface area contributed by atoms with E-state index >= 15 is 0 Å².